The Morgan fingerprint density at radius 2 is 1.70 bits per heavy atom. The second-order valence-electron chi connectivity index (χ2n) is 7.99. The summed E-state index contributed by atoms with van der Waals surface area (Å²) in [5, 5.41) is 9.35. The number of hydrogen-bond acceptors (Lipinski definition) is 2. The van der Waals surface area contributed by atoms with Crippen LogP contribution in [0.15, 0.2) is 35.9 Å². The molecule has 1 aromatic rings. The van der Waals surface area contributed by atoms with Crippen molar-refractivity contribution in [1.82, 2.24) is 4.90 Å². The van der Waals surface area contributed by atoms with Crippen molar-refractivity contribution in [3.8, 4) is 0 Å². The molecule has 126 valence electrons. The first-order valence-electron chi connectivity index (χ1n) is 8.33. The van der Waals surface area contributed by atoms with Gasteiger partial charge in [-0.05, 0) is 59.1 Å². The minimum absolute atomic E-state index is 0.0562. The van der Waals surface area contributed by atoms with Crippen LogP contribution in [0, 0.1) is 5.92 Å². The molecule has 0 radical (unpaired) electrons. The van der Waals surface area contributed by atoms with Crippen LogP contribution in [0.2, 0.25) is 0 Å². The van der Waals surface area contributed by atoms with Crippen LogP contribution in [-0.2, 0) is 4.79 Å². The lowest BCUT2D eigenvalue weighted by molar-refractivity contribution is -0.136. The molecular weight excluding hydrogens is 286 g/mol. The van der Waals surface area contributed by atoms with E-state index in [1.54, 1.807) is 0 Å². The van der Waals surface area contributed by atoms with Crippen LogP contribution in [0.4, 0.5) is 0 Å². The normalized spacial score (nSPS) is 22.0. The Morgan fingerprint density at radius 1 is 1.17 bits per heavy atom. The third-order valence-corrected chi connectivity index (χ3v) is 5.34. The molecule has 0 spiro atoms. The zero-order valence-corrected chi connectivity index (χ0v) is 15.0. The van der Waals surface area contributed by atoms with Crippen LogP contribution in [0.3, 0.4) is 0 Å². The summed E-state index contributed by atoms with van der Waals surface area (Å²) in [6.45, 7) is 9.01. The predicted octanol–water partition coefficient (Wildman–Crippen LogP) is 4.44. The molecule has 1 fully saturated rings. The van der Waals surface area contributed by atoms with Crippen molar-refractivity contribution in [2.75, 3.05) is 7.05 Å². The lowest BCUT2D eigenvalue weighted by Crippen LogP contribution is -2.58. The molecule has 1 aromatic carbocycles. The zero-order chi connectivity index (χ0) is 17.3. The van der Waals surface area contributed by atoms with Gasteiger partial charge < -0.3 is 5.11 Å². The first-order valence-corrected chi connectivity index (χ1v) is 8.33. The summed E-state index contributed by atoms with van der Waals surface area (Å²) in [6.07, 6.45) is 4.17. The van der Waals surface area contributed by atoms with Crippen molar-refractivity contribution in [2.24, 2.45) is 5.92 Å². The summed E-state index contributed by atoms with van der Waals surface area (Å²) in [7, 11) is 2.17. The summed E-state index contributed by atoms with van der Waals surface area (Å²) in [4.78, 5) is 13.8. The smallest absolute Gasteiger partial charge is 0.307 e. The Bertz CT molecular complexity index is 569. The van der Waals surface area contributed by atoms with Crippen molar-refractivity contribution < 1.29 is 9.90 Å². The number of aliphatic carboxylic acids is 1. The SMILES string of the molecule is CN1C(C)(C)CC(C(=Cc2ccccc2)CC(=O)O)CC1(C)C. The fourth-order valence-corrected chi connectivity index (χ4v) is 3.88. The number of likely N-dealkylation sites (tertiary alicyclic amines) is 1. The Balaban J connectivity index is 2.36. The highest BCUT2D eigenvalue weighted by molar-refractivity contribution is 5.73. The monoisotopic (exact) mass is 315 g/mol. The average molecular weight is 315 g/mol. The van der Waals surface area contributed by atoms with E-state index in [0.717, 1.165) is 24.0 Å². The van der Waals surface area contributed by atoms with E-state index >= 15 is 0 Å². The van der Waals surface area contributed by atoms with Gasteiger partial charge in [-0.3, -0.25) is 9.69 Å². The summed E-state index contributed by atoms with van der Waals surface area (Å²) in [5.74, 6) is -0.450. The van der Waals surface area contributed by atoms with Gasteiger partial charge in [0.25, 0.3) is 0 Å². The molecule has 1 saturated heterocycles. The van der Waals surface area contributed by atoms with E-state index in [-0.39, 0.29) is 17.5 Å². The molecule has 1 aliphatic rings. The second kappa shape index (κ2) is 6.48. The summed E-state index contributed by atoms with van der Waals surface area (Å²) >= 11 is 0. The van der Waals surface area contributed by atoms with E-state index in [2.05, 4.69) is 45.7 Å². The van der Waals surface area contributed by atoms with Gasteiger partial charge in [0.1, 0.15) is 0 Å². The van der Waals surface area contributed by atoms with Crippen LogP contribution in [0.1, 0.15) is 52.5 Å². The number of piperidine rings is 1. The number of nitrogens with zero attached hydrogens (tertiary/aromatic N) is 1. The first kappa shape index (κ1) is 17.7. The molecule has 3 nitrogen and oxygen atoms in total. The highest BCUT2D eigenvalue weighted by Crippen LogP contribution is 2.43. The summed E-state index contributed by atoms with van der Waals surface area (Å²) in [6, 6.07) is 10.0. The van der Waals surface area contributed by atoms with Crippen molar-refractivity contribution in [1.29, 1.82) is 0 Å². The van der Waals surface area contributed by atoms with Gasteiger partial charge in [-0.2, -0.15) is 0 Å². The van der Waals surface area contributed by atoms with Gasteiger partial charge >= 0.3 is 5.97 Å². The number of carboxylic acid groups (broad SMARTS) is 1. The van der Waals surface area contributed by atoms with Gasteiger partial charge in [-0.15, -0.1) is 0 Å². The van der Waals surface area contributed by atoms with Crippen LogP contribution < -0.4 is 0 Å². The standard InChI is InChI=1S/C20H29NO2/c1-19(2)13-17(14-20(3,4)21(19)5)16(12-18(22)23)11-15-9-7-6-8-10-15/h6-11,17H,12-14H2,1-5H3,(H,22,23). The first-order chi connectivity index (χ1) is 10.6. The molecule has 1 N–H and O–H groups in total. The molecule has 1 aliphatic heterocycles. The minimum Gasteiger partial charge on any atom is -0.481 e. The highest BCUT2D eigenvalue weighted by Gasteiger charge is 2.43. The van der Waals surface area contributed by atoms with Gasteiger partial charge in [0.2, 0.25) is 0 Å². The molecule has 0 amide bonds. The molecule has 0 aromatic heterocycles. The van der Waals surface area contributed by atoms with Crippen LogP contribution in [0.5, 0.6) is 0 Å². The van der Waals surface area contributed by atoms with Crippen LogP contribution >= 0.6 is 0 Å². The molecule has 3 heteroatoms. The van der Waals surface area contributed by atoms with Crippen molar-refractivity contribution in [2.45, 2.75) is 58.0 Å². The number of hydrogen-bond donors (Lipinski definition) is 1. The van der Waals surface area contributed by atoms with Gasteiger partial charge in [-0.25, -0.2) is 0 Å². The molecule has 23 heavy (non-hydrogen) atoms. The van der Waals surface area contributed by atoms with Crippen LogP contribution in [0.25, 0.3) is 6.08 Å². The lowest BCUT2D eigenvalue weighted by Gasteiger charge is -2.54. The van der Waals surface area contributed by atoms with Gasteiger partial charge in [0.05, 0.1) is 6.42 Å². The third kappa shape index (κ3) is 4.23. The number of carbonyl (C=O) groups is 1. The van der Waals surface area contributed by atoms with E-state index in [9.17, 15) is 9.90 Å². The quantitative estimate of drug-likeness (QED) is 0.892. The molecule has 0 unspecified atom stereocenters. The Kier molecular flexibility index (Phi) is 5.00. The zero-order valence-electron chi connectivity index (χ0n) is 15.0. The van der Waals surface area contributed by atoms with Gasteiger partial charge in [0.15, 0.2) is 0 Å². The van der Waals surface area contributed by atoms with Crippen LogP contribution in [-0.4, -0.2) is 34.1 Å². The molecule has 0 saturated carbocycles. The Hall–Kier alpha value is -1.61. The summed E-state index contributed by atoms with van der Waals surface area (Å²) < 4.78 is 0. The minimum atomic E-state index is -0.748. The lowest BCUT2D eigenvalue weighted by atomic mass is 9.70. The largest absolute Gasteiger partial charge is 0.481 e. The highest BCUT2D eigenvalue weighted by atomic mass is 16.4. The van der Waals surface area contributed by atoms with Crippen molar-refractivity contribution in [3.05, 3.63) is 41.5 Å². The maximum Gasteiger partial charge on any atom is 0.307 e. The van der Waals surface area contributed by atoms with E-state index in [0.29, 0.717) is 5.92 Å². The maximum atomic E-state index is 11.4. The fraction of sp³-hybridized carbons (Fsp3) is 0.550. The fourth-order valence-electron chi connectivity index (χ4n) is 3.88. The average Bonchev–Trinajstić information content (AvgIpc) is 2.44. The van der Waals surface area contributed by atoms with Crippen molar-refractivity contribution in [3.63, 3.8) is 0 Å². The van der Waals surface area contributed by atoms with Crippen molar-refractivity contribution >= 4 is 12.0 Å². The van der Waals surface area contributed by atoms with E-state index in [1.165, 1.54) is 0 Å². The molecule has 1 heterocycles. The number of benzene rings is 1. The van der Waals surface area contributed by atoms with E-state index in [4.69, 9.17) is 0 Å². The van der Waals surface area contributed by atoms with Gasteiger partial charge in [-0.1, -0.05) is 42.0 Å². The predicted molar refractivity (Wildman–Crippen MR) is 95.3 cm³/mol. The third-order valence-electron chi connectivity index (χ3n) is 5.34. The van der Waals surface area contributed by atoms with Gasteiger partial charge in [0, 0.05) is 11.1 Å². The topological polar surface area (TPSA) is 40.5 Å². The molecule has 0 atom stereocenters. The molecule has 0 bridgehead atoms. The Labute approximate surface area is 140 Å². The summed E-state index contributed by atoms with van der Waals surface area (Å²) in [5.41, 5.74) is 2.23. The van der Waals surface area contributed by atoms with E-state index < -0.39 is 5.97 Å². The molecule has 2 rings (SSSR count). The number of carboxylic acids is 1. The molecular formula is C20H29NO2. The molecule has 0 aliphatic carbocycles. The second-order valence-corrected chi connectivity index (χ2v) is 7.99. The Morgan fingerprint density at radius 3 is 2.17 bits per heavy atom. The maximum absolute atomic E-state index is 11.4. The number of rotatable bonds is 4. The van der Waals surface area contributed by atoms with E-state index in [1.807, 2.05) is 30.3 Å².